The van der Waals surface area contributed by atoms with Crippen molar-refractivity contribution in [2.45, 2.75) is 19.8 Å². The van der Waals surface area contributed by atoms with E-state index in [1.165, 1.54) is 11.3 Å². The molecule has 0 unspecified atom stereocenters. The average Bonchev–Trinajstić information content (AvgIpc) is 3.14. The molecule has 0 N–H and O–H groups in total. The van der Waals surface area contributed by atoms with Crippen LogP contribution in [0.2, 0.25) is 0 Å². The number of hydrogen-bond donors (Lipinski definition) is 0. The summed E-state index contributed by atoms with van der Waals surface area (Å²) in [5.41, 5.74) is 2.19. The predicted octanol–water partition coefficient (Wildman–Crippen LogP) is 3.06. The van der Waals surface area contributed by atoms with E-state index in [1.54, 1.807) is 31.6 Å². The molecule has 1 saturated heterocycles. The summed E-state index contributed by atoms with van der Waals surface area (Å²) in [7, 11) is 0. The van der Waals surface area contributed by atoms with E-state index >= 15 is 0 Å². The van der Waals surface area contributed by atoms with Gasteiger partial charge in [0, 0.05) is 55.7 Å². The predicted molar refractivity (Wildman–Crippen MR) is 123 cm³/mol. The van der Waals surface area contributed by atoms with Crippen molar-refractivity contribution in [1.29, 1.82) is 0 Å². The van der Waals surface area contributed by atoms with Gasteiger partial charge in [0.15, 0.2) is 0 Å². The molecule has 3 aromatic heterocycles. The second kappa shape index (κ2) is 10.3. The van der Waals surface area contributed by atoms with Crippen molar-refractivity contribution in [3.63, 3.8) is 0 Å². The summed E-state index contributed by atoms with van der Waals surface area (Å²) >= 11 is 1.53. The van der Waals surface area contributed by atoms with Crippen LogP contribution in [0.5, 0.6) is 0 Å². The highest BCUT2D eigenvalue weighted by atomic mass is 32.1. The number of anilines is 1. The molecule has 32 heavy (non-hydrogen) atoms. The molecular weight excluding hydrogens is 426 g/mol. The van der Waals surface area contributed by atoms with E-state index in [1.807, 2.05) is 28.5 Å². The van der Waals surface area contributed by atoms with Gasteiger partial charge in [-0.25, -0.2) is 14.8 Å². The van der Waals surface area contributed by atoms with Gasteiger partial charge in [0.25, 0.3) is 0 Å². The summed E-state index contributed by atoms with van der Waals surface area (Å²) in [6.45, 7) is 4.93. The van der Waals surface area contributed by atoms with Crippen molar-refractivity contribution in [2.75, 3.05) is 37.7 Å². The number of esters is 1. The number of pyridine rings is 2. The van der Waals surface area contributed by atoms with Gasteiger partial charge < -0.3 is 14.5 Å². The average molecular weight is 452 g/mol. The first-order valence-electron chi connectivity index (χ1n) is 10.6. The molecule has 0 radical (unpaired) electrons. The largest absolute Gasteiger partial charge is 0.462 e. The zero-order valence-corrected chi connectivity index (χ0v) is 18.8. The molecule has 0 aromatic carbocycles. The number of rotatable bonds is 6. The molecule has 8 nitrogen and oxygen atoms in total. The molecule has 3 aromatic rings. The lowest BCUT2D eigenvalue weighted by Crippen LogP contribution is -2.36. The number of carbonyl (C=O) groups is 2. The van der Waals surface area contributed by atoms with Gasteiger partial charge >= 0.3 is 5.97 Å². The van der Waals surface area contributed by atoms with Gasteiger partial charge in [-0.05, 0) is 37.6 Å². The number of ether oxygens (including phenoxy) is 1. The van der Waals surface area contributed by atoms with Crippen molar-refractivity contribution in [3.05, 3.63) is 59.5 Å². The van der Waals surface area contributed by atoms with Crippen LogP contribution < -0.4 is 4.90 Å². The minimum Gasteiger partial charge on any atom is -0.462 e. The Morgan fingerprint density at radius 1 is 1.12 bits per heavy atom. The Labute approximate surface area is 190 Å². The molecule has 4 heterocycles. The summed E-state index contributed by atoms with van der Waals surface area (Å²) in [6.07, 6.45) is 6.20. The number of aromatic nitrogens is 3. The summed E-state index contributed by atoms with van der Waals surface area (Å²) in [4.78, 5) is 41.9. The second-order valence-electron chi connectivity index (χ2n) is 7.41. The summed E-state index contributed by atoms with van der Waals surface area (Å²) in [6, 6.07) is 7.41. The maximum absolute atomic E-state index is 12.9. The van der Waals surface area contributed by atoms with Crippen molar-refractivity contribution >= 4 is 29.0 Å². The van der Waals surface area contributed by atoms with E-state index in [9.17, 15) is 9.59 Å². The maximum Gasteiger partial charge on any atom is 0.339 e. The van der Waals surface area contributed by atoms with Crippen molar-refractivity contribution in [1.82, 2.24) is 19.9 Å². The second-order valence-corrected chi connectivity index (χ2v) is 8.27. The van der Waals surface area contributed by atoms with E-state index in [0.717, 1.165) is 35.0 Å². The van der Waals surface area contributed by atoms with Crippen LogP contribution >= 0.6 is 11.3 Å². The summed E-state index contributed by atoms with van der Waals surface area (Å²) < 4.78 is 5.00. The number of thiazole rings is 1. The van der Waals surface area contributed by atoms with Gasteiger partial charge in [-0.3, -0.25) is 9.78 Å². The van der Waals surface area contributed by atoms with E-state index in [2.05, 4.69) is 19.9 Å². The Morgan fingerprint density at radius 3 is 2.78 bits per heavy atom. The van der Waals surface area contributed by atoms with Crippen molar-refractivity contribution in [3.8, 4) is 10.6 Å². The highest BCUT2D eigenvalue weighted by Gasteiger charge is 2.21. The zero-order chi connectivity index (χ0) is 22.3. The summed E-state index contributed by atoms with van der Waals surface area (Å²) in [5, 5.41) is 2.82. The third-order valence-corrected chi connectivity index (χ3v) is 6.16. The first kappa shape index (κ1) is 21.9. The lowest BCUT2D eigenvalue weighted by Gasteiger charge is -2.23. The highest BCUT2D eigenvalue weighted by molar-refractivity contribution is 7.13. The molecule has 0 aliphatic carbocycles. The van der Waals surface area contributed by atoms with Crippen LogP contribution in [-0.4, -0.2) is 64.5 Å². The van der Waals surface area contributed by atoms with E-state index in [-0.39, 0.29) is 11.9 Å². The van der Waals surface area contributed by atoms with Crippen LogP contribution in [0.1, 0.15) is 29.4 Å². The molecule has 1 aliphatic rings. The van der Waals surface area contributed by atoms with Crippen LogP contribution in [0.4, 0.5) is 5.82 Å². The third-order valence-electron chi connectivity index (χ3n) is 5.22. The number of carbonyl (C=O) groups excluding carboxylic acids is 2. The fourth-order valence-corrected chi connectivity index (χ4v) is 4.39. The molecule has 0 saturated carbocycles. The van der Waals surface area contributed by atoms with Crippen LogP contribution in [0.15, 0.2) is 48.2 Å². The minimum absolute atomic E-state index is 0.0838. The Kier molecular flexibility index (Phi) is 7.06. The minimum atomic E-state index is -0.368. The smallest absolute Gasteiger partial charge is 0.339 e. The standard InChI is InChI=1S/C23H25N5O3S/c1-2-31-23(30)18-6-7-20(25-15-18)27-9-4-10-28(12-11-27)21(29)13-19-16-32-22(26-19)17-5-3-8-24-14-17/h3,5-8,14-16H,2,4,9-13H2,1H3. The van der Waals surface area contributed by atoms with Crippen molar-refractivity contribution < 1.29 is 14.3 Å². The van der Waals surface area contributed by atoms with Gasteiger partial charge in [0.05, 0.1) is 24.3 Å². The Balaban J connectivity index is 1.33. The molecule has 0 atom stereocenters. The van der Waals surface area contributed by atoms with Crippen LogP contribution in [-0.2, 0) is 16.0 Å². The first-order chi connectivity index (χ1) is 15.6. The van der Waals surface area contributed by atoms with E-state index < -0.39 is 0 Å². The number of hydrogen-bond acceptors (Lipinski definition) is 8. The van der Waals surface area contributed by atoms with Gasteiger partial charge in [-0.2, -0.15) is 0 Å². The van der Waals surface area contributed by atoms with Gasteiger partial charge in [0.2, 0.25) is 5.91 Å². The molecule has 1 aliphatic heterocycles. The maximum atomic E-state index is 12.9. The monoisotopic (exact) mass is 451 g/mol. The molecule has 9 heteroatoms. The fourth-order valence-electron chi connectivity index (χ4n) is 3.58. The van der Waals surface area contributed by atoms with Crippen LogP contribution in [0, 0.1) is 0 Å². The Hall–Kier alpha value is -3.33. The molecule has 1 amide bonds. The fraction of sp³-hybridized carbons (Fsp3) is 0.348. The quantitative estimate of drug-likeness (QED) is 0.532. The molecule has 166 valence electrons. The topological polar surface area (TPSA) is 88.5 Å². The highest BCUT2D eigenvalue weighted by Crippen LogP contribution is 2.23. The van der Waals surface area contributed by atoms with E-state index in [4.69, 9.17) is 4.74 Å². The molecule has 0 bridgehead atoms. The van der Waals surface area contributed by atoms with Crippen molar-refractivity contribution in [2.24, 2.45) is 0 Å². The molecule has 1 fully saturated rings. The number of nitrogens with zero attached hydrogens (tertiary/aromatic N) is 5. The SMILES string of the molecule is CCOC(=O)c1ccc(N2CCCN(C(=O)Cc3csc(-c4cccnc4)n3)CC2)nc1. The Morgan fingerprint density at radius 2 is 2.03 bits per heavy atom. The lowest BCUT2D eigenvalue weighted by molar-refractivity contribution is -0.130. The number of amides is 1. The van der Waals surface area contributed by atoms with Gasteiger partial charge in [-0.15, -0.1) is 11.3 Å². The normalized spacial score (nSPS) is 14.2. The molecule has 0 spiro atoms. The Bertz CT molecular complexity index is 1060. The third kappa shape index (κ3) is 5.28. The lowest BCUT2D eigenvalue weighted by atomic mass is 10.2. The zero-order valence-electron chi connectivity index (χ0n) is 17.9. The van der Waals surface area contributed by atoms with Crippen LogP contribution in [0.25, 0.3) is 10.6 Å². The van der Waals surface area contributed by atoms with Gasteiger partial charge in [0.1, 0.15) is 10.8 Å². The van der Waals surface area contributed by atoms with Gasteiger partial charge in [-0.1, -0.05) is 0 Å². The van der Waals surface area contributed by atoms with Crippen LogP contribution in [0.3, 0.4) is 0 Å². The molecular formula is C23H25N5O3S. The first-order valence-corrected chi connectivity index (χ1v) is 11.5. The molecule has 4 rings (SSSR count). The van der Waals surface area contributed by atoms with E-state index in [0.29, 0.717) is 38.2 Å². The summed E-state index contributed by atoms with van der Waals surface area (Å²) in [5.74, 6) is 0.515.